The average Bonchev–Trinajstić information content (AvgIpc) is 2.33. The zero-order valence-electron chi connectivity index (χ0n) is 11.0. The Morgan fingerprint density at radius 1 is 1.29 bits per heavy atom. The van der Waals surface area contributed by atoms with Gasteiger partial charge in [0.15, 0.2) is 0 Å². The van der Waals surface area contributed by atoms with Gasteiger partial charge >= 0.3 is 0 Å². The third-order valence-electron chi connectivity index (χ3n) is 4.18. The molecule has 1 heterocycles. The van der Waals surface area contributed by atoms with Crippen LogP contribution in [0.3, 0.4) is 0 Å². The summed E-state index contributed by atoms with van der Waals surface area (Å²) in [6.45, 7) is 7.12. The Morgan fingerprint density at radius 2 is 2.12 bits per heavy atom. The van der Waals surface area contributed by atoms with Gasteiger partial charge in [0, 0.05) is 25.7 Å². The monoisotopic (exact) mass is 239 g/mol. The van der Waals surface area contributed by atoms with Crippen LogP contribution in [0.15, 0.2) is 0 Å². The van der Waals surface area contributed by atoms with E-state index >= 15 is 0 Å². The van der Waals surface area contributed by atoms with E-state index in [1.165, 1.54) is 19.3 Å². The van der Waals surface area contributed by atoms with Gasteiger partial charge in [0.2, 0.25) is 5.91 Å². The Balaban J connectivity index is 1.88. The topological polar surface area (TPSA) is 53.2 Å². The smallest absolute Gasteiger partial charge is 0.238 e. The summed E-state index contributed by atoms with van der Waals surface area (Å²) in [5, 5.41) is 9.75. The Hall–Kier alpha value is -0.610. The molecule has 4 nitrogen and oxygen atoms in total. The van der Waals surface area contributed by atoms with Crippen molar-refractivity contribution in [2.75, 3.05) is 19.6 Å². The van der Waals surface area contributed by atoms with Crippen LogP contribution < -0.4 is 16.0 Å². The van der Waals surface area contributed by atoms with E-state index in [1.54, 1.807) is 0 Å². The standard InChI is InChI=1S/C13H25N3O/c1-13(2)6-4-3-5-11(13)16-12(17)10-9-14-7-8-15-10/h10-11,14-15H,3-9H2,1-2H3,(H,16,17). The summed E-state index contributed by atoms with van der Waals surface area (Å²) in [5.74, 6) is 0.164. The summed E-state index contributed by atoms with van der Waals surface area (Å²) in [6.07, 6.45) is 4.88. The van der Waals surface area contributed by atoms with Crippen LogP contribution in [0.4, 0.5) is 0 Å². The van der Waals surface area contributed by atoms with Gasteiger partial charge in [0.25, 0.3) is 0 Å². The van der Waals surface area contributed by atoms with Crippen molar-refractivity contribution in [2.24, 2.45) is 5.41 Å². The molecule has 0 spiro atoms. The lowest BCUT2D eigenvalue weighted by Crippen LogP contribution is -2.59. The molecule has 2 unspecified atom stereocenters. The number of carbonyl (C=O) groups excluding carboxylic acids is 1. The second kappa shape index (κ2) is 5.36. The van der Waals surface area contributed by atoms with Gasteiger partial charge in [-0.15, -0.1) is 0 Å². The fourth-order valence-electron chi connectivity index (χ4n) is 2.87. The summed E-state index contributed by atoms with van der Waals surface area (Å²) < 4.78 is 0. The highest BCUT2D eigenvalue weighted by Gasteiger charge is 2.34. The van der Waals surface area contributed by atoms with E-state index in [0.717, 1.165) is 26.1 Å². The largest absolute Gasteiger partial charge is 0.351 e. The summed E-state index contributed by atoms with van der Waals surface area (Å²) in [4.78, 5) is 12.1. The van der Waals surface area contributed by atoms with Crippen LogP contribution >= 0.6 is 0 Å². The minimum absolute atomic E-state index is 0.0542. The van der Waals surface area contributed by atoms with Gasteiger partial charge in [-0.3, -0.25) is 4.79 Å². The molecule has 3 N–H and O–H groups in total. The van der Waals surface area contributed by atoms with Crippen LogP contribution in [0.2, 0.25) is 0 Å². The molecular formula is C13H25N3O. The molecule has 2 rings (SSSR count). The second-order valence-electron chi connectivity index (χ2n) is 6.01. The molecule has 1 saturated carbocycles. The van der Waals surface area contributed by atoms with E-state index in [9.17, 15) is 4.79 Å². The lowest BCUT2D eigenvalue weighted by molar-refractivity contribution is -0.125. The fourth-order valence-corrected chi connectivity index (χ4v) is 2.87. The van der Waals surface area contributed by atoms with Gasteiger partial charge in [-0.05, 0) is 18.3 Å². The van der Waals surface area contributed by atoms with Crippen molar-refractivity contribution in [3.8, 4) is 0 Å². The van der Waals surface area contributed by atoms with E-state index in [2.05, 4.69) is 29.8 Å². The molecule has 0 bridgehead atoms. The Labute approximate surface area is 104 Å². The zero-order valence-corrected chi connectivity index (χ0v) is 11.0. The maximum atomic E-state index is 12.1. The SMILES string of the molecule is CC1(C)CCCCC1NC(=O)C1CNCCN1. The average molecular weight is 239 g/mol. The van der Waals surface area contributed by atoms with E-state index in [0.29, 0.717) is 6.04 Å². The predicted molar refractivity (Wildman–Crippen MR) is 68.8 cm³/mol. The van der Waals surface area contributed by atoms with Crippen LogP contribution in [0.5, 0.6) is 0 Å². The molecular weight excluding hydrogens is 214 g/mol. The van der Waals surface area contributed by atoms with Crippen LogP contribution in [0.25, 0.3) is 0 Å². The maximum Gasteiger partial charge on any atom is 0.238 e. The molecule has 98 valence electrons. The highest BCUT2D eigenvalue weighted by atomic mass is 16.2. The minimum Gasteiger partial charge on any atom is -0.351 e. The highest BCUT2D eigenvalue weighted by molar-refractivity contribution is 5.82. The van der Waals surface area contributed by atoms with Crippen LogP contribution in [-0.2, 0) is 4.79 Å². The number of hydrogen-bond donors (Lipinski definition) is 3. The number of rotatable bonds is 2. The summed E-state index contributed by atoms with van der Waals surface area (Å²) >= 11 is 0. The molecule has 0 aromatic heterocycles. The van der Waals surface area contributed by atoms with Crippen molar-refractivity contribution in [2.45, 2.75) is 51.6 Å². The van der Waals surface area contributed by atoms with Gasteiger partial charge in [0.05, 0.1) is 6.04 Å². The van der Waals surface area contributed by atoms with Crippen molar-refractivity contribution in [3.05, 3.63) is 0 Å². The molecule has 1 aliphatic heterocycles. The maximum absolute atomic E-state index is 12.1. The minimum atomic E-state index is -0.0542. The number of amides is 1. The van der Waals surface area contributed by atoms with Crippen LogP contribution in [0, 0.1) is 5.41 Å². The van der Waals surface area contributed by atoms with Gasteiger partial charge in [0.1, 0.15) is 0 Å². The molecule has 1 aliphatic carbocycles. The fraction of sp³-hybridized carbons (Fsp3) is 0.923. The summed E-state index contributed by atoms with van der Waals surface area (Å²) in [7, 11) is 0. The molecule has 0 aromatic rings. The number of piperazine rings is 1. The first kappa shape index (κ1) is 12.8. The molecule has 0 aromatic carbocycles. The molecule has 1 saturated heterocycles. The molecule has 4 heteroatoms. The lowest BCUT2D eigenvalue weighted by atomic mass is 9.73. The van der Waals surface area contributed by atoms with Crippen LogP contribution in [0.1, 0.15) is 39.5 Å². The number of hydrogen-bond acceptors (Lipinski definition) is 3. The van der Waals surface area contributed by atoms with Crippen molar-refractivity contribution in [1.82, 2.24) is 16.0 Å². The van der Waals surface area contributed by atoms with Crippen molar-refractivity contribution in [1.29, 1.82) is 0 Å². The normalized spacial score (nSPS) is 33.1. The van der Waals surface area contributed by atoms with Gasteiger partial charge in [-0.1, -0.05) is 26.7 Å². The summed E-state index contributed by atoms with van der Waals surface area (Å²) in [6, 6.07) is 0.286. The number of nitrogens with one attached hydrogen (secondary N) is 3. The Bertz CT molecular complexity index is 272. The first-order chi connectivity index (χ1) is 8.09. The van der Waals surface area contributed by atoms with Gasteiger partial charge < -0.3 is 16.0 Å². The van der Waals surface area contributed by atoms with E-state index in [1.807, 2.05) is 0 Å². The van der Waals surface area contributed by atoms with Gasteiger partial charge in [-0.25, -0.2) is 0 Å². The van der Waals surface area contributed by atoms with Crippen molar-refractivity contribution in [3.63, 3.8) is 0 Å². The molecule has 1 amide bonds. The molecule has 17 heavy (non-hydrogen) atoms. The molecule has 0 radical (unpaired) electrons. The van der Waals surface area contributed by atoms with Gasteiger partial charge in [-0.2, -0.15) is 0 Å². The van der Waals surface area contributed by atoms with E-state index < -0.39 is 0 Å². The predicted octanol–water partition coefficient (Wildman–Crippen LogP) is 0.633. The Kier molecular flexibility index (Phi) is 4.05. The zero-order chi connectivity index (χ0) is 12.3. The third kappa shape index (κ3) is 3.19. The Morgan fingerprint density at radius 3 is 2.76 bits per heavy atom. The lowest BCUT2D eigenvalue weighted by Gasteiger charge is -2.40. The summed E-state index contributed by atoms with van der Waals surface area (Å²) in [5.41, 5.74) is 0.246. The third-order valence-corrected chi connectivity index (χ3v) is 4.18. The molecule has 2 aliphatic rings. The van der Waals surface area contributed by atoms with Crippen LogP contribution in [-0.4, -0.2) is 37.6 Å². The first-order valence-corrected chi connectivity index (χ1v) is 6.84. The van der Waals surface area contributed by atoms with E-state index in [-0.39, 0.29) is 17.4 Å². The van der Waals surface area contributed by atoms with Crippen molar-refractivity contribution < 1.29 is 4.79 Å². The number of carbonyl (C=O) groups is 1. The quantitative estimate of drug-likeness (QED) is 0.662. The van der Waals surface area contributed by atoms with Crippen molar-refractivity contribution >= 4 is 5.91 Å². The first-order valence-electron chi connectivity index (χ1n) is 6.84. The van der Waals surface area contributed by atoms with E-state index in [4.69, 9.17) is 0 Å². The molecule has 2 fully saturated rings. The highest BCUT2D eigenvalue weighted by Crippen LogP contribution is 2.35. The molecule has 2 atom stereocenters. The second-order valence-corrected chi connectivity index (χ2v) is 6.01.